The Morgan fingerprint density at radius 1 is 0.958 bits per heavy atom. The van der Waals surface area contributed by atoms with Crippen molar-refractivity contribution in [3.63, 3.8) is 0 Å². The Bertz CT molecular complexity index is 991. The second-order valence-corrected chi connectivity index (χ2v) is 5.48. The Kier molecular flexibility index (Phi) is 3.46. The molecule has 5 heteroatoms. The predicted octanol–water partition coefficient (Wildman–Crippen LogP) is 3.80. The second-order valence-electron chi connectivity index (χ2n) is 5.48. The summed E-state index contributed by atoms with van der Waals surface area (Å²) in [4.78, 5) is 9.20. The van der Waals surface area contributed by atoms with Gasteiger partial charge in [0.15, 0.2) is 11.5 Å². The third-order valence-corrected chi connectivity index (χ3v) is 3.97. The monoisotopic (exact) mass is 316 g/mol. The average Bonchev–Trinajstić information content (AvgIpc) is 2.99. The highest BCUT2D eigenvalue weighted by molar-refractivity contribution is 5.82. The van der Waals surface area contributed by atoms with Crippen molar-refractivity contribution in [3.05, 3.63) is 66.5 Å². The average molecular weight is 316 g/mol. The Hall–Kier alpha value is -3.21. The fourth-order valence-corrected chi connectivity index (χ4v) is 2.70. The summed E-state index contributed by atoms with van der Waals surface area (Å²) in [6.07, 6.45) is 1.76. The number of pyridine rings is 2. The molecule has 0 unspecified atom stereocenters. The maximum Gasteiger partial charge on any atom is 0.165 e. The van der Waals surface area contributed by atoms with Crippen LogP contribution in [0.3, 0.4) is 0 Å². The normalized spacial score (nSPS) is 10.9. The first-order valence-corrected chi connectivity index (χ1v) is 7.68. The zero-order valence-corrected chi connectivity index (χ0v) is 13.5. The minimum atomic E-state index is 0.759. The number of aromatic nitrogens is 4. The number of benzene rings is 1. The Morgan fingerprint density at radius 2 is 1.79 bits per heavy atom. The maximum atomic E-state index is 5.21. The number of rotatable bonds is 3. The largest absolute Gasteiger partial charge is 0.497 e. The van der Waals surface area contributed by atoms with E-state index in [-0.39, 0.29) is 0 Å². The van der Waals surface area contributed by atoms with Gasteiger partial charge in [0.05, 0.1) is 18.5 Å². The van der Waals surface area contributed by atoms with E-state index in [1.807, 2.05) is 55.5 Å². The molecule has 5 nitrogen and oxygen atoms in total. The molecule has 0 atom stereocenters. The van der Waals surface area contributed by atoms with E-state index in [1.54, 1.807) is 18.0 Å². The van der Waals surface area contributed by atoms with Crippen LogP contribution in [0.25, 0.3) is 28.1 Å². The van der Waals surface area contributed by atoms with Crippen molar-refractivity contribution in [2.24, 2.45) is 0 Å². The van der Waals surface area contributed by atoms with Gasteiger partial charge in [0.2, 0.25) is 0 Å². The highest BCUT2D eigenvalue weighted by atomic mass is 16.5. The highest BCUT2D eigenvalue weighted by Crippen LogP contribution is 2.25. The fraction of sp³-hybridized carbons (Fsp3) is 0.105. The van der Waals surface area contributed by atoms with Gasteiger partial charge in [-0.1, -0.05) is 6.07 Å². The Balaban J connectivity index is 1.87. The summed E-state index contributed by atoms with van der Waals surface area (Å²) in [5, 5.41) is 5.62. The van der Waals surface area contributed by atoms with Gasteiger partial charge in [0.1, 0.15) is 5.75 Å². The summed E-state index contributed by atoms with van der Waals surface area (Å²) in [6, 6.07) is 17.7. The summed E-state index contributed by atoms with van der Waals surface area (Å²) < 4.78 is 7.00. The first-order chi connectivity index (χ1) is 11.8. The molecule has 0 aliphatic carbocycles. The van der Waals surface area contributed by atoms with Crippen molar-refractivity contribution in [2.75, 3.05) is 7.11 Å². The van der Waals surface area contributed by atoms with Crippen LogP contribution in [0, 0.1) is 6.92 Å². The summed E-state index contributed by atoms with van der Waals surface area (Å²) in [5.74, 6) is 1.59. The van der Waals surface area contributed by atoms with Crippen LogP contribution in [0.15, 0.2) is 60.8 Å². The van der Waals surface area contributed by atoms with Gasteiger partial charge in [-0.15, -0.1) is 0 Å². The lowest BCUT2D eigenvalue weighted by Crippen LogP contribution is -2.00. The highest BCUT2D eigenvalue weighted by Gasteiger charge is 2.12. The number of hydrogen-bond acceptors (Lipinski definition) is 4. The van der Waals surface area contributed by atoms with Crippen molar-refractivity contribution < 1.29 is 4.74 Å². The van der Waals surface area contributed by atoms with Crippen LogP contribution in [0.2, 0.25) is 0 Å². The molecule has 0 aliphatic heterocycles. The van der Waals surface area contributed by atoms with Crippen molar-refractivity contribution in [1.82, 2.24) is 19.7 Å². The van der Waals surface area contributed by atoms with E-state index in [4.69, 9.17) is 9.72 Å². The van der Waals surface area contributed by atoms with E-state index in [0.29, 0.717) is 0 Å². The van der Waals surface area contributed by atoms with Crippen molar-refractivity contribution in [1.29, 1.82) is 0 Å². The Labute approximate surface area is 139 Å². The molecule has 0 bridgehead atoms. The topological polar surface area (TPSA) is 52.8 Å². The van der Waals surface area contributed by atoms with E-state index in [1.165, 1.54) is 0 Å². The number of aryl methyl sites for hydroxylation is 1. The molecule has 0 aliphatic rings. The van der Waals surface area contributed by atoms with Crippen molar-refractivity contribution in [3.8, 4) is 22.8 Å². The molecule has 0 fully saturated rings. The van der Waals surface area contributed by atoms with E-state index in [2.05, 4.69) is 16.1 Å². The second kappa shape index (κ2) is 5.77. The minimum Gasteiger partial charge on any atom is -0.497 e. The van der Waals surface area contributed by atoms with Crippen LogP contribution in [-0.2, 0) is 0 Å². The SMILES string of the molecule is COc1ccc(-c2ccc3c(C)nn(-c4ccccn4)c3n2)cc1. The predicted molar refractivity (Wildman–Crippen MR) is 93.4 cm³/mol. The maximum absolute atomic E-state index is 5.21. The van der Waals surface area contributed by atoms with Crippen molar-refractivity contribution >= 4 is 11.0 Å². The van der Waals surface area contributed by atoms with Crippen LogP contribution in [0.4, 0.5) is 0 Å². The molecule has 0 saturated carbocycles. The standard InChI is InChI=1S/C19H16N4O/c1-13-16-10-11-17(14-6-8-15(24-2)9-7-14)21-19(16)23(22-13)18-5-3-4-12-20-18/h3-12H,1-2H3. The molecule has 3 heterocycles. The van der Waals surface area contributed by atoms with Crippen LogP contribution >= 0.6 is 0 Å². The smallest absolute Gasteiger partial charge is 0.165 e. The van der Waals surface area contributed by atoms with Gasteiger partial charge in [-0.25, -0.2) is 9.97 Å². The zero-order valence-electron chi connectivity index (χ0n) is 13.5. The lowest BCUT2D eigenvalue weighted by Gasteiger charge is -2.05. The quantitative estimate of drug-likeness (QED) is 0.577. The summed E-state index contributed by atoms with van der Waals surface area (Å²) in [7, 11) is 1.66. The van der Waals surface area contributed by atoms with E-state index >= 15 is 0 Å². The molecule has 0 N–H and O–H groups in total. The first-order valence-electron chi connectivity index (χ1n) is 7.68. The van der Waals surface area contributed by atoms with Gasteiger partial charge in [-0.05, 0) is 55.5 Å². The van der Waals surface area contributed by atoms with Crippen molar-refractivity contribution in [2.45, 2.75) is 6.92 Å². The molecular weight excluding hydrogens is 300 g/mol. The van der Waals surface area contributed by atoms with Gasteiger partial charge in [0.25, 0.3) is 0 Å². The lowest BCUT2D eigenvalue weighted by atomic mass is 10.1. The van der Waals surface area contributed by atoms with Crippen LogP contribution in [0.1, 0.15) is 5.69 Å². The lowest BCUT2D eigenvalue weighted by molar-refractivity contribution is 0.415. The summed E-state index contributed by atoms with van der Waals surface area (Å²) >= 11 is 0. The molecule has 0 amide bonds. The minimum absolute atomic E-state index is 0.759. The summed E-state index contributed by atoms with van der Waals surface area (Å²) in [5.41, 5.74) is 3.66. The molecule has 118 valence electrons. The Morgan fingerprint density at radius 3 is 2.50 bits per heavy atom. The fourth-order valence-electron chi connectivity index (χ4n) is 2.70. The van der Waals surface area contributed by atoms with E-state index < -0.39 is 0 Å². The van der Waals surface area contributed by atoms with Gasteiger partial charge in [-0.2, -0.15) is 9.78 Å². The third-order valence-electron chi connectivity index (χ3n) is 3.97. The number of methoxy groups -OCH3 is 1. The number of hydrogen-bond donors (Lipinski definition) is 0. The van der Waals surface area contributed by atoms with Gasteiger partial charge in [0, 0.05) is 17.1 Å². The van der Waals surface area contributed by atoms with Gasteiger partial charge >= 0.3 is 0 Å². The first kappa shape index (κ1) is 14.4. The number of nitrogens with zero attached hydrogens (tertiary/aromatic N) is 4. The van der Waals surface area contributed by atoms with Gasteiger partial charge in [-0.3, -0.25) is 0 Å². The molecule has 24 heavy (non-hydrogen) atoms. The molecule has 1 aromatic carbocycles. The van der Waals surface area contributed by atoms with Crippen LogP contribution in [0.5, 0.6) is 5.75 Å². The van der Waals surface area contributed by atoms with Crippen LogP contribution in [-0.4, -0.2) is 26.9 Å². The van der Waals surface area contributed by atoms with Crippen LogP contribution < -0.4 is 4.74 Å². The molecule has 3 aromatic heterocycles. The zero-order chi connectivity index (χ0) is 16.5. The van der Waals surface area contributed by atoms with E-state index in [9.17, 15) is 0 Å². The number of fused-ring (bicyclic) bond motifs is 1. The third kappa shape index (κ3) is 2.40. The molecule has 0 spiro atoms. The van der Waals surface area contributed by atoms with E-state index in [0.717, 1.165) is 39.6 Å². The summed E-state index contributed by atoms with van der Waals surface area (Å²) in [6.45, 7) is 1.98. The molecule has 0 radical (unpaired) electrons. The molecule has 0 saturated heterocycles. The molecule has 4 rings (SSSR count). The molecule has 4 aromatic rings. The van der Waals surface area contributed by atoms with Gasteiger partial charge < -0.3 is 4.74 Å². The number of ether oxygens (including phenoxy) is 1. The molecular formula is C19H16N4O.